The summed E-state index contributed by atoms with van der Waals surface area (Å²) < 4.78 is 134. The van der Waals surface area contributed by atoms with Crippen molar-refractivity contribution in [2.45, 2.75) is 24.2 Å². The van der Waals surface area contributed by atoms with Crippen molar-refractivity contribution in [3.05, 3.63) is 85.7 Å². The van der Waals surface area contributed by atoms with Crippen LogP contribution in [0.5, 0.6) is 0 Å². The zero-order chi connectivity index (χ0) is 30.3. The van der Waals surface area contributed by atoms with Crippen LogP contribution in [-0.4, -0.2) is 29.2 Å². The van der Waals surface area contributed by atoms with Crippen molar-refractivity contribution in [1.82, 2.24) is 4.98 Å². The van der Waals surface area contributed by atoms with Crippen LogP contribution in [0.2, 0.25) is 5.15 Å². The second-order valence-corrected chi connectivity index (χ2v) is 9.38. The minimum atomic E-state index is -6.66. The number of amides is 2. The van der Waals surface area contributed by atoms with Crippen LogP contribution < -0.4 is 10.6 Å². The predicted molar refractivity (Wildman–Crippen MR) is 131 cm³/mol. The summed E-state index contributed by atoms with van der Waals surface area (Å²) in [6.07, 6.45) is -17.6. The molecule has 0 aliphatic rings. The molecule has 0 aliphatic heterocycles. The van der Waals surface area contributed by atoms with Gasteiger partial charge in [-0.25, -0.2) is 9.37 Å². The highest BCUT2D eigenvalue weighted by atomic mass is 127. The molecule has 1 heterocycles. The summed E-state index contributed by atoms with van der Waals surface area (Å²) in [5.74, 6) is -2.05. The Morgan fingerprint density at radius 2 is 1.43 bits per heavy atom. The number of carbonyl (C=O) groups excluding carboxylic acids is 2. The third-order valence-electron chi connectivity index (χ3n) is 5.20. The zero-order valence-electron chi connectivity index (χ0n) is 19.0. The molecule has 1 aromatic heterocycles. The molecule has 214 valence electrons. The maximum absolute atomic E-state index is 14.5. The fourth-order valence-corrected chi connectivity index (χ4v) is 4.29. The molecular weight excluding hydrogens is 703 g/mol. The minimum Gasteiger partial charge on any atom is -0.322 e. The standard InChI is InChI=1S/C23H11ClF10IN3O2/c24-17-13(5-2-6-36-17)19(40)37-12-4-1-3-10(7-12)18(39)38-16-14(21(26,27)28)8-11(9-15(16)35)20(25,22(29,30)31)23(32,33)34/h1-9H,(H,37,40)(H,38,39). The Kier molecular flexibility index (Phi) is 8.65. The number of pyridine rings is 1. The molecule has 0 spiro atoms. The lowest BCUT2D eigenvalue weighted by atomic mass is 9.92. The first kappa shape index (κ1) is 31.4. The van der Waals surface area contributed by atoms with Gasteiger partial charge in [0.1, 0.15) is 5.15 Å². The van der Waals surface area contributed by atoms with Crippen molar-refractivity contribution < 1.29 is 53.5 Å². The highest BCUT2D eigenvalue weighted by molar-refractivity contribution is 14.1. The Morgan fingerprint density at radius 3 is 1.98 bits per heavy atom. The summed E-state index contributed by atoms with van der Waals surface area (Å²) in [5, 5.41) is 4.01. The van der Waals surface area contributed by atoms with E-state index >= 15 is 0 Å². The molecule has 3 rings (SSSR count). The summed E-state index contributed by atoms with van der Waals surface area (Å²) in [5.41, 5.74) is -12.3. The van der Waals surface area contributed by atoms with Gasteiger partial charge in [0.15, 0.2) is 0 Å². The van der Waals surface area contributed by atoms with Gasteiger partial charge in [-0.3, -0.25) is 9.59 Å². The molecule has 0 saturated carbocycles. The normalized spacial score (nSPS) is 12.7. The first-order valence-corrected chi connectivity index (χ1v) is 11.8. The summed E-state index contributed by atoms with van der Waals surface area (Å²) >= 11 is 6.78. The number of carbonyl (C=O) groups is 2. The third-order valence-corrected chi connectivity index (χ3v) is 6.35. The summed E-state index contributed by atoms with van der Waals surface area (Å²) in [4.78, 5) is 28.9. The molecule has 0 saturated heterocycles. The molecule has 5 nitrogen and oxygen atoms in total. The number of aromatic nitrogens is 1. The summed E-state index contributed by atoms with van der Waals surface area (Å²) in [6, 6.07) is 6.61. The summed E-state index contributed by atoms with van der Waals surface area (Å²) in [7, 11) is 0. The second-order valence-electron chi connectivity index (χ2n) is 7.86. The van der Waals surface area contributed by atoms with Crippen LogP contribution in [0, 0.1) is 3.57 Å². The Labute approximate surface area is 236 Å². The maximum atomic E-state index is 14.5. The van der Waals surface area contributed by atoms with Gasteiger partial charge in [-0.2, -0.15) is 39.5 Å². The summed E-state index contributed by atoms with van der Waals surface area (Å²) in [6.45, 7) is 0. The molecule has 2 N–H and O–H groups in total. The van der Waals surface area contributed by atoms with Crippen LogP contribution in [-0.2, 0) is 11.8 Å². The van der Waals surface area contributed by atoms with Gasteiger partial charge in [0.25, 0.3) is 11.8 Å². The van der Waals surface area contributed by atoms with Crippen molar-refractivity contribution in [2.75, 3.05) is 10.6 Å². The van der Waals surface area contributed by atoms with E-state index in [0.29, 0.717) is 0 Å². The van der Waals surface area contributed by atoms with Crippen LogP contribution in [0.4, 0.5) is 55.3 Å². The van der Waals surface area contributed by atoms with Crippen LogP contribution in [0.1, 0.15) is 31.8 Å². The molecule has 0 radical (unpaired) electrons. The van der Waals surface area contributed by atoms with Gasteiger partial charge in [-0.05, 0) is 65.1 Å². The molecule has 0 fully saturated rings. The number of nitrogens with zero attached hydrogens (tertiary/aromatic N) is 1. The van der Waals surface area contributed by atoms with Gasteiger partial charge < -0.3 is 10.6 Å². The monoisotopic (exact) mass is 713 g/mol. The fourth-order valence-electron chi connectivity index (χ4n) is 3.32. The van der Waals surface area contributed by atoms with E-state index in [-0.39, 0.29) is 28.0 Å². The average Bonchev–Trinajstić information content (AvgIpc) is 2.82. The van der Waals surface area contributed by atoms with E-state index in [2.05, 4.69) is 10.3 Å². The largest absolute Gasteiger partial charge is 0.435 e. The van der Waals surface area contributed by atoms with Gasteiger partial charge in [0.2, 0.25) is 0 Å². The smallest absolute Gasteiger partial charge is 0.322 e. The Bertz CT molecular complexity index is 1440. The second kappa shape index (κ2) is 11.0. The lowest BCUT2D eigenvalue weighted by Gasteiger charge is -2.31. The molecule has 40 heavy (non-hydrogen) atoms. The fraction of sp³-hybridized carbons (Fsp3) is 0.174. The Hall–Kier alpha value is -3.15. The topological polar surface area (TPSA) is 71.1 Å². The molecular formula is C23H11ClF10IN3O2. The molecule has 2 amide bonds. The number of alkyl halides is 10. The lowest BCUT2D eigenvalue weighted by molar-refractivity contribution is -0.348. The first-order chi connectivity index (χ1) is 18.3. The van der Waals surface area contributed by atoms with Crippen LogP contribution in [0.15, 0.2) is 54.7 Å². The van der Waals surface area contributed by atoms with Gasteiger partial charge in [-0.1, -0.05) is 17.7 Å². The first-order valence-electron chi connectivity index (χ1n) is 10.3. The molecule has 0 unspecified atom stereocenters. The Balaban J connectivity index is 2.00. The maximum Gasteiger partial charge on any atom is 0.435 e. The third kappa shape index (κ3) is 6.26. The molecule has 17 heteroatoms. The average molecular weight is 714 g/mol. The highest BCUT2D eigenvalue weighted by Gasteiger charge is 2.73. The van der Waals surface area contributed by atoms with Crippen molar-refractivity contribution in [1.29, 1.82) is 0 Å². The number of rotatable bonds is 5. The van der Waals surface area contributed by atoms with Crippen molar-refractivity contribution in [3.63, 3.8) is 0 Å². The predicted octanol–water partition coefficient (Wildman–Crippen LogP) is 8.15. The van der Waals surface area contributed by atoms with Crippen LogP contribution in [0.3, 0.4) is 0 Å². The van der Waals surface area contributed by atoms with E-state index < -0.39 is 62.5 Å². The van der Waals surface area contributed by atoms with Crippen molar-refractivity contribution in [2.24, 2.45) is 0 Å². The van der Waals surface area contributed by atoms with Gasteiger partial charge in [0, 0.05) is 26.6 Å². The molecule has 0 bridgehead atoms. The van der Waals surface area contributed by atoms with Crippen molar-refractivity contribution >= 4 is 57.4 Å². The zero-order valence-corrected chi connectivity index (χ0v) is 21.9. The molecule has 0 atom stereocenters. The van der Waals surface area contributed by atoms with Crippen LogP contribution in [0.25, 0.3) is 0 Å². The number of hydrogen-bond acceptors (Lipinski definition) is 3. The minimum absolute atomic E-state index is 0.0313. The number of nitrogens with one attached hydrogen (secondary N) is 2. The number of hydrogen-bond donors (Lipinski definition) is 2. The molecule has 0 aliphatic carbocycles. The Morgan fingerprint density at radius 1 is 0.800 bits per heavy atom. The number of halogens is 12. The number of benzene rings is 2. The van der Waals surface area contributed by atoms with E-state index in [1.807, 2.05) is 0 Å². The molecule has 3 aromatic rings. The van der Waals surface area contributed by atoms with E-state index in [1.165, 1.54) is 30.5 Å². The highest BCUT2D eigenvalue weighted by Crippen LogP contribution is 2.54. The molecule has 2 aromatic carbocycles. The lowest BCUT2D eigenvalue weighted by Crippen LogP contribution is -2.50. The van der Waals surface area contributed by atoms with Gasteiger partial charge in [0.05, 0.1) is 16.8 Å². The van der Waals surface area contributed by atoms with Crippen LogP contribution >= 0.6 is 34.2 Å². The van der Waals surface area contributed by atoms with E-state index in [4.69, 9.17) is 11.6 Å². The van der Waals surface area contributed by atoms with Gasteiger partial charge in [-0.15, -0.1) is 0 Å². The van der Waals surface area contributed by atoms with E-state index in [0.717, 1.165) is 34.7 Å². The van der Waals surface area contributed by atoms with E-state index in [1.54, 1.807) is 5.32 Å². The van der Waals surface area contributed by atoms with Gasteiger partial charge >= 0.3 is 24.2 Å². The SMILES string of the molecule is O=C(Nc1c(I)cc(C(F)(C(F)(F)F)C(F)(F)F)cc1C(F)(F)F)c1cccc(NC(=O)c2cccnc2Cl)c1. The quantitative estimate of drug-likeness (QED) is 0.159. The van der Waals surface area contributed by atoms with Crippen molar-refractivity contribution in [3.8, 4) is 0 Å². The van der Waals surface area contributed by atoms with E-state index in [9.17, 15) is 53.5 Å². The number of anilines is 2.